The summed E-state index contributed by atoms with van der Waals surface area (Å²) in [5.41, 5.74) is 7.37. The molecular formula is C17H24N2O2. The standard InChI is InChI=1S/C17H24N2O2/c1-2-21-15-10-6-5-9-13(15)17-14(18)11-16(20)19(17)12-7-3-4-8-12/h5-6,9-10,12,14,17H,2-4,7-8,11,18H2,1H3. The summed E-state index contributed by atoms with van der Waals surface area (Å²) in [6.45, 7) is 2.60. The van der Waals surface area contributed by atoms with Crippen LogP contribution in [-0.4, -0.2) is 29.5 Å². The molecule has 1 aromatic rings. The maximum absolute atomic E-state index is 12.4. The summed E-state index contributed by atoms with van der Waals surface area (Å²) in [4.78, 5) is 14.5. The lowest BCUT2D eigenvalue weighted by atomic mass is 9.98. The minimum absolute atomic E-state index is 0.0386. The normalized spacial score (nSPS) is 26.6. The molecule has 1 amide bonds. The first kappa shape index (κ1) is 14.4. The van der Waals surface area contributed by atoms with Gasteiger partial charge in [-0.05, 0) is 25.8 Å². The molecule has 2 N–H and O–H groups in total. The predicted molar refractivity (Wildman–Crippen MR) is 82.0 cm³/mol. The Morgan fingerprint density at radius 1 is 1.29 bits per heavy atom. The van der Waals surface area contributed by atoms with Gasteiger partial charge in [0, 0.05) is 24.1 Å². The maximum Gasteiger partial charge on any atom is 0.225 e. The third kappa shape index (κ3) is 2.64. The number of rotatable bonds is 4. The van der Waals surface area contributed by atoms with Crippen molar-refractivity contribution in [1.29, 1.82) is 0 Å². The molecule has 0 spiro atoms. The molecule has 1 saturated heterocycles. The number of nitrogens with two attached hydrogens (primary N) is 1. The van der Waals surface area contributed by atoms with E-state index in [1.54, 1.807) is 0 Å². The quantitative estimate of drug-likeness (QED) is 0.926. The van der Waals surface area contributed by atoms with E-state index in [0.29, 0.717) is 19.1 Å². The fourth-order valence-corrected chi connectivity index (χ4v) is 3.79. The summed E-state index contributed by atoms with van der Waals surface area (Å²) in [6.07, 6.45) is 5.08. The number of hydrogen-bond acceptors (Lipinski definition) is 3. The number of carbonyl (C=O) groups is 1. The molecule has 21 heavy (non-hydrogen) atoms. The minimum Gasteiger partial charge on any atom is -0.494 e. The number of amides is 1. The highest BCUT2D eigenvalue weighted by Crippen LogP contribution is 2.41. The molecule has 2 aliphatic rings. The molecule has 1 aliphatic carbocycles. The van der Waals surface area contributed by atoms with E-state index in [-0.39, 0.29) is 18.0 Å². The molecule has 1 aliphatic heterocycles. The number of benzene rings is 1. The maximum atomic E-state index is 12.4. The molecule has 1 aromatic carbocycles. The molecule has 4 nitrogen and oxygen atoms in total. The Balaban J connectivity index is 1.95. The van der Waals surface area contributed by atoms with Crippen LogP contribution in [-0.2, 0) is 4.79 Å². The van der Waals surface area contributed by atoms with Crippen molar-refractivity contribution < 1.29 is 9.53 Å². The monoisotopic (exact) mass is 288 g/mol. The van der Waals surface area contributed by atoms with Gasteiger partial charge in [-0.15, -0.1) is 0 Å². The van der Waals surface area contributed by atoms with Gasteiger partial charge < -0.3 is 15.4 Å². The van der Waals surface area contributed by atoms with Crippen molar-refractivity contribution in [1.82, 2.24) is 4.90 Å². The Morgan fingerprint density at radius 3 is 2.71 bits per heavy atom. The predicted octanol–water partition coefficient (Wildman–Crippen LogP) is 2.63. The molecule has 114 valence electrons. The molecule has 1 heterocycles. The Hall–Kier alpha value is -1.55. The Bertz CT molecular complexity index is 511. The van der Waals surface area contributed by atoms with Crippen LogP contribution >= 0.6 is 0 Å². The second-order valence-electron chi connectivity index (χ2n) is 6.02. The summed E-state index contributed by atoms with van der Waals surface area (Å²) in [5, 5.41) is 0. The first-order valence-electron chi connectivity index (χ1n) is 8.01. The Labute approximate surface area is 126 Å². The van der Waals surface area contributed by atoms with Crippen LogP contribution in [0.2, 0.25) is 0 Å². The molecular weight excluding hydrogens is 264 g/mol. The van der Waals surface area contributed by atoms with E-state index >= 15 is 0 Å². The van der Waals surface area contributed by atoms with Gasteiger partial charge in [-0.3, -0.25) is 4.79 Å². The molecule has 4 heteroatoms. The van der Waals surface area contributed by atoms with E-state index in [9.17, 15) is 4.79 Å². The van der Waals surface area contributed by atoms with Gasteiger partial charge in [-0.2, -0.15) is 0 Å². The number of carbonyl (C=O) groups excluding carboxylic acids is 1. The van der Waals surface area contributed by atoms with E-state index in [2.05, 4.69) is 11.0 Å². The number of nitrogens with zero attached hydrogens (tertiary/aromatic N) is 1. The molecule has 1 saturated carbocycles. The van der Waals surface area contributed by atoms with Crippen LogP contribution in [0.15, 0.2) is 24.3 Å². The summed E-state index contributed by atoms with van der Waals surface area (Å²) in [5.74, 6) is 1.06. The number of ether oxygens (including phenoxy) is 1. The Kier molecular flexibility index (Phi) is 4.15. The molecule has 2 fully saturated rings. The van der Waals surface area contributed by atoms with E-state index in [1.807, 2.05) is 25.1 Å². The van der Waals surface area contributed by atoms with Gasteiger partial charge in [0.15, 0.2) is 0 Å². The van der Waals surface area contributed by atoms with E-state index in [1.165, 1.54) is 12.8 Å². The van der Waals surface area contributed by atoms with Crippen molar-refractivity contribution in [3.05, 3.63) is 29.8 Å². The smallest absolute Gasteiger partial charge is 0.225 e. The zero-order valence-electron chi connectivity index (χ0n) is 12.6. The molecule has 0 aromatic heterocycles. The summed E-state index contributed by atoms with van der Waals surface area (Å²) in [6, 6.07) is 8.17. The average Bonchev–Trinajstić information content (AvgIpc) is 3.07. The van der Waals surface area contributed by atoms with Gasteiger partial charge >= 0.3 is 0 Å². The van der Waals surface area contributed by atoms with Crippen LogP contribution in [0.1, 0.15) is 50.6 Å². The van der Waals surface area contributed by atoms with Crippen LogP contribution < -0.4 is 10.5 Å². The second kappa shape index (κ2) is 6.06. The Morgan fingerprint density at radius 2 is 2.00 bits per heavy atom. The van der Waals surface area contributed by atoms with E-state index in [4.69, 9.17) is 10.5 Å². The van der Waals surface area contributed by atoms with Crippen molar-refractivity contribution in [2.24, 2.45) is 5.73 Å². The molecule has 2 atom stereocenters. The van der Waals surface area contributed by atoms with Gasteiger partial charge in [-0.25, -0.2) is 0 Å². The van der Waals surface area contributed by atoms with Crippen LogP contribution in [0.5, 0.6) is 5.75 Å². The van der Waals surface area contributed by atoms with Crippen LogP contribution in [0.4, 0.5) is 0 Å². The van der Waals surface area contributed by atoms with Crippen molar-refractivity contribution in [2.75, 3.05) is 6.61 Å². The van der Waals surface area contributed by atoms with Gasteiger partial charge in [0.1, 0.15) is 5.75 Å². The number of likely N-dealkylation sites (tertiary alicyclic amines) is 1. The highest BCUT2D eigenvalue weighted by atomic mass is 16.5. The van der Waals surface area contributed by atoms with E-state index < -0.39 is 0 Å². The fourth-order valence-electron chi connectivity index (χ4n) is 3.79. The van der Waals surface area contributed by atoms with Crippen molar-refractivity contribution in [3.8, 4) is 5.75 Å². The lowest BCUT2D eigenvalue weighted by Gasteiger charge is -2.33. The second-order valence-corrected chi connectivity index (χ2v) is 6.02. The van der Waals surface area contributed by atoms with Gasteiger partial charge in [0.05, 0.1) is 12.6 Å². The summed E-state index contributed by atoms with van der Waals surface area (Å²) in [7, 11) is 0. The average molecular weight is 288 g/mol. The summed E-state index contributed by atoms with van der Waals surface area (Å²) >= 11 is 0. The van der Waals surface area contributed by atoms with Crippen LogP contribution in [0.3, 0.4) is 0 Å². The highest BCUT2D eigenvalue weighted by Gasteiger charge is 2.43. The largest absolute Gasteiger partial charge is 0.494 e. The summed E-state index contributed by atoms with van der Waals surface area (Å²) < 4.78 is 5.75. The first-order chi connectivity index (χ1) is 10.2. The molecule has 3 rings (SSSR count). The van der Waals surface area contributed by atoms with Gasteiger partial charge in [0.2, 0.25) is 5.91 Å². The number of para-hydroxylation sites is 1. The SMILES string of the molecule is CCOc1ccccc1C1C(N)CC(=O)N1C1CCCC1. The third-order valence-corrected chi connectivity index (χ3v) is 4.66. The van der Waals surface area contributed by atoms with Crippen LogP contribution in [0, 0.1) is 0 Å². The topological polar surface area (TPSA) is 55.6 Å². The lowest BCUT2D eigenvalue weighted by Crippen LogP contribution is -2.39. The molecule has 0 bridgehead atoms. The van der Waals surface area contributed by atoms with Gasteiger partial charge in [0.25, 0.3) is 0 Å². The van der Waals surface area contributed by atoms with Crippen LogP contribution in [0.25, 0.3) is 0 Å². The zero-order valence-corrected chi connectivity index (χ0v) is 12.6. The molecule has 2 unspecified atom stereocenters. The highest BCUT2D eigenvalue weighted by molar-refractivity contribution is 5.81. The number of hydrogen-bond donors (Lipinski definition) is 1. The molecule has 0 radical (unpaired) electrons. The first-order valence-corrected chi connectivity index (χ1v) is 8.01. The van der Waals surface area contributed by atoms with Crippen molar-refractivity contribution in [2.45, 2.75) is 57.2 Å². The van der Waals surface area contributed by atoms with Crippen molar-refractivity contribution in [3.63, 3.8) is 0 Å². The third-order valence-electron chi connectivity index (χ3n) is 4.66. The van der Waals surface area contributed by atoms with Crippen molar-refractivity contribution >= 4 is 5.91 Å². The zero-order chi connectivity index (χ0) is 14.8. The minimum atomic E-state index is -0.139. The van der Waals surface area contributed by atoms with E-state index in [0.717, 1.165) is 24.2 Å². The fraction of sp³-hybridized carbons (Fsp3) is 0.588. The van der Waals surface area contributed by atoms with Gasteiger partial charge in [-0.1, -0.05) is 31.0 Å². The lowest BCUT2D eigenvalue weighted by molar-refractivity contribution is -0.131.